The maximum atomic E-state index is 13.8. The number of halogens is 2. The second kappa shape index (κ2) is 6.49. The van der Waals surface area contributed by atoms with Gasteiger partial charge in [0.1, 0.15) is 17.5 Å². The number of rotatable bonds is 5. The van der Waals surface area contributed by atoms with Gasteiger partial charge in [0.2, 0.25) is 0 Å². The van der Waals surface area contributed by atoms with Crippen molar-refractivity contribution >= 4 is 38.9 Å². The SMILES string of the molecule is CCNc1cc([N+](=O)[O-])cc(Nc2ccc(Br)cc2F)n1. The third-order valence-electron chi connectivity index (χ3n) is 2.57. The Morgan fingerprint density at radius 2 is 2.05 bits per heavy atom. The van der Waals surface area contributed by atoms with Crippen LogP contribution >= 0.6 is 15.9 Å². The zero-order chi connectivity index (χ0) is 15.4. The molecule has 0 aliphatic carbocycles. The van der Waals surface area contributed by atoms with Crippen LogP contribution in [0.25, 0.3) is 0 Å². The second-order valence-corrected chi connectivity index (χ2v) is 5.05. The first-order chi connectivity index (χ1) is 9.99. The molecule has 0 aliphatic rings. The van der Waals surface area contributed by atoms with Crippen molar-refractivity contribution in [3.63, 3.8) is 0 Å². The van der Waals surface area contributed by atoms with E-state index in [9.17, 15) is 14.5 Å². The minimum atomic E-state index is -0.522. The van der Waals surface area contributed by atoms with Crippen LogP contribution in [-0.4, -0.2) is 16.5 Å². The third-order valence-corrected chi connectivity index (χ3v) is 3.07. The summed E-state index contributed by atoms with van der Waals surface area (Å²) < 4.78 is 14.4. The van der Waals surface area contributed by atoms with Gasteiger partial charge in [0, 0.05) is 11.0 Å². The zero-order valence-corrected chi connectivity index (χ0v) is 12.6. The predicted octanol–water partition coefficient (Wildman–Crippen LogP) is 4.07. The van der Waals surface area contributed by atoms with E-state index in [4.69, 9.17) is 0 Å². The van der Waals surface area contributed by atoms with Crippen molar-refractivity contribution in [1.29, 1.82) is 0 Å². The van der Waals surface area contributed by atoms with Crippen LogP contribution < -0.4 is 10.6 Å². The summed E-state index contributed by atoms with van der Waals surface area (Å²) in [5.74, 6) is 0.0655. The lowest BCUT2D eigenvalue weighted by atomic mass is 10.3. The first-order valence-electron chi connectivity index (χ1n) is 6.12. The van der Waals surface area contributed by atoms with Crippen LogP contribution in [0.5, 0.6) is 0 Å². The van der Waals surface area contributed by atoms with E-state index in [0.717, 1.165) is 0 Å². The van der Waals surface area contributed by atoms with E-state index in [1.165, 1.54) is 24.3 Å². The molecule has 0 saturated heterocycles. The average molecular weight is 355 g/mol. The number of benzene rings is 1. The van der Waals surface area contributed by atoms with Gasteiger partial charge in [-0.3, -0.25) is 10.1 Å². The monoisotopic (exact) mass is 354 g/mol. The Labute approximate surface area is 128 Å². The number of nitro groups is 1. The molecular weight excluding hydrogens is 343 g/mol. The number of hydrogen-bond donors (Lipinski definition) is 2. The smallest absolute Gasteiger partial charge is 0.276 e. The third kappa shape index (κ3) is 3.88. The van der Waals surface area contributed by atoms with Crippen molar-refractivity contribution in [3.05, 3.63) is 50.7 Å². The number of nitrogens with one attached hydrogen (secondary N) is 2. The van der Waals surface area contributed by atoms with Gasteiger partial charge in [0.25, 0.3) is 5.69 Å². The maximum Gasteiger partial charge on any atom is 0.276 e. The Hall–Kier alpha value is -2.22. The van der Waals surface area contributed by atoms with Gasteiger partial charge in [-0.2, -0.15) is 0 Å². The molecule has 1 aromatic carbocycles. The summed E-state index contributed by atoms with van der Waals surface area (Å²) in [5, 5.41) is 16.6. The summed E-state index contributed by atoms with van der Waals surface area (Å²) in [6, 6.07) is 7.06. The van der Waals surface area contributed by atoms with Crippen LogP contribution in [0.15, 0.2) is 34.8 Å². The summed E-state index contributed by atoms with van der Waals surface area (Å²) in [7, 11) is 0. The quantitative estimate of drug-likeness (QED) is 0.624. The van der Waals surface area contributed by atoms with Crippen LogP contribution in [0, 0.1) is 15.9 Å². The topological polar surface area (TPSA) is 80.1 Å². The standard InChI is InChI=1S/C13H12BrFN4O2/c1-2-16-12-6-9(19(20)21)7-13(18-12)17-11-4-3-8(14)5-10(11)15/h3-7H,2H2,1H3,(H2,16,17,18). The molecule has 1 heterocycles. The summed E-state index contributed by atoms with van der Waals surface area (Å²) in [6.07, 6.45) is 0. The van der Waals surface area contributed by atoms with Crippen molar-refractivity contribution in [3.8, 4) is 0 Å². The second-order valence-electron chi connectivity index (χ2n) is 4.13. The molecule has 0 bridgehead atoms. The van der Waals surface area contributed by atoms with E-state index < -0.39 is 10.7 Å². The molecule has 0 spiro atoms. The van der Waals surface area contributed by atoms with E-state index in [1.807, 2.05) is 6.92 Å². The van der Waals surface area contributed by atoms with Gasteiger partial charge in [-0.1, -0.05) is 15.9 Å². The van der Waals surface area contributed by atoms with Crippen molar-refractivity contribution in [2.75, 3.05) is 17.2 Å². The van der Waals surface area contributed by atoms with Gasteiger partial charge in [0.15, 0.2) is 0 Å². The molecule has 1 aromatic heterocycles. The van der Waals surface area contributed by atoms with E-state index in [1.54, 1.807) is 6.07 Å². The highest BCUT2D eigenvalue weighted by atomic mass is 79.9. The lowest BCUT2D eigenvalue weighted by Gasteiger charge is -2.09. The molecule has 0 unspecified atom stereocenters. The lowest BCUT2D eigenvalue weighted by Crippen LogP contribution is -2.04. The molecule has 2 aromatic rings. The molecule has 0 radical (unpaired) electrons. The van der Waals surface area contributed by atoms with Crippen molar-refractivity contribution in [2.24, 2.45) is 0 Å². The molecule has 0 fully saturated rings. The fourth-order valence-electron chi connectivity index (χ4n) is 1.69. The van der Waals surface area contributed by atoms with Crippen LogP contribution in [0.4, 0.5) is 27.4 Å². The lowest BCUT2D eigenvalue weighted by molar-refractivity contribution is -0.384. The van der Waals surface area contributed by atoms with Gasteiger partial charge in [-0.05, 0) is 25.1 Å². The Bertz CT molecular complexity index is 681. The Balaban J connectivity index is 2.36. The van der Waals surface area contributed by atoms with Crippen LogP contribution in [0.3, 0.4) is 0 Å². The van der Waals surface area contributed by atoms with E-state index in [-0.39, 0.29) is 17.2 Å². The molecule has 2 rings (SSSR count). The number of anilines is 3. The predicted molar refractivity (Wildman–Crippen MR) is 82.4 cm³/mol. The maximum absolute atomic E-state index is 13.8. The van der Waals surface area contributed by atoms with Crippen LogP contribution in [-0.2, 0) is 0 Å². The summed E-state index contributed by atoms with van der Waals surface area (Å²) in [5.41, 5.74) is 0.0645. The number of nitrogens with zero attached hydrogens (tertiary/aromatic N) is 2. The van der Waals surface area contributed by atoms with Crippen molar-refractivity contribution in [1.82, 2.24) is 4.98 Å². The zero-order valence-electron chi connectivity index (χ0n) is 11.1. The largest absolute Gasteiger partial charge is 0.370 e. The van der Waals surface area contributed by atoms with Crippen molar-refractivity contribution < 1.29 is 9.31 Å². The molecule has 0 aliphatic heterocycles. The first-order valence-corrected chi connectivity index (χ1v) is 6.91. The van der Waals surface area contributed by atoms with E-state index in [2.05, 4.69) is 31.5 Å². The minimum absolute atomic E-state index is 0.124. The fraction of sp³-hybridized carbons (Fsp3) is 0.154. The summed E-state index contributed by atoms with van der Waals surface area (Å²) >= 11 is 3.16. The number of pyridine rings is 1. The molecule has 6 nitrogen and oxygen atoms in total. The first kappa shape index (κ1) is 15.2. The normalized spacial score (nSPS) is 10.2. The summed E-state index contributed by atoms with van der Waals surface area (Å²) in [6.45, 7) is 2.42. The molecule has 8 heteroatoms. The molecule has 110 valence electrons. The van der Waals surface area contributed by atoms with Gasteiger partial charge in [-0.15, -0.1) is 0 Å². The molecule has 2 N–H and O–H groups in total. The molecular formula is C13H12BrFN4O2. The van der Waals surface area contributed by atoms with E-state index >= 15 is 0 Å². The van der Waals surface area contributed by atoms with Gasteiger partial charge >= 0.3 is 0 Å². The Morgan fingerprint density at radius 1 is 1.33 bits per heavy atom. The highest BCUT2D eigenvalue weighted by molar-refractivity contribution is 9.10. The highest BCUT2D eigenvalue weighted by Crippen LogP contribution is 2.26. The molecule has 0 atom stereocenters. The molecule has 0 saturated carbocycles. The highest BCUT2D eigenvalue weighted by Gasteiger charge is 2.12. The van der Waals surface area contributed by atoms with Gasteiger partial charge < -0.3 is 10.6 Å². The van der Waals surface area contributed by atoms with Gasteiger partial charge in [0.05, 0.1) is 22.7 Å². The minimum Gasteiger partial charge on any atom is -0.370 e. The Morgan fingerprint density at radius 3 is 2.67 bits per heavy atom. The van der Waals surface area contributed by atoms with E-state index in [0.29, 0.717) is 16.8 Å². The van der Waals surface area contributed by atoms with Crippen LogP contribution in [0.2, 0.25) is 0 Å². The molecule has 0 amide bonds. The fourth-order valence-corrected chi connectivity index (χ4v) is 2.02. The van der Waals surface area contributed by atoms with Crippen molar-refractivity contribution in [2.45, 2.75) is 6.92 Å². The average Bonchev–Trinajstić information content (AvgIpc) is 2.42. The number of aromatic nitrogens is 1. The number of hydrogen-bond acceptors (Lipinski definition) is 5. The Kier molecular flexibility index (Phi) is 4.69. The van der Waals surface area contributed by atoms with Gasteiger partial charge in [-0.25, -0.2) is 9.37 Å². The molecule has 21 heavy (non-hydrogen) atoms. The van der Waals surface area contributed by atoms with Crippen LogP contribution in [0.1, 0.15) is 6.92 Å². The summed E-state index contributed by atoms with van der Waals surface area (Å²) in [4.78, 5) is 14.6.